The van der Waals surface area contributed by atoms with E-state index < -0.39 is 17.9 Å². The zero-order valence-electron chi connectivity index (χ0n) is 29.0. The number of hydrogen-bond donors (Lipinski definition) is 1. The minimum Gasteiger partial charge on any atom is -0.493 e. The number of hydrogen-bond acceptors (Lipinski definition) is 7. The fraction of sp³-hybridized carbons (Fsp3) is 0.119. The van der Waals surface area contributed by atoms with Gasteiger partial charge < -0.3 is 14.8 Å². The van der Waals surface area contributed by atoms with E-state index in [0.29, 0.717) is 38.4 Å². The highest BCUT2D eigenvalue weighted by molar-refractivity contribution is 9.10. The van der Waals surface area contributed by atoms with Gasteiger partial charge in [-0.3, -0.25) is 19.3 Å². The number of nitrogens with zero attached hydrogens (tertiary/aromatic N) is 3. The summed E-state index contributed by atoms with van der Waals surface area (Å²) in [7, 11) is 1.48. The van der Waals surface area contributed by atoms with E-state index in [-0.39, 0.29) is 29.0 Å². The molecular formula is C42H35BrN4O5S. The molecule has 0 aromatic heterocycles. The molecule has 0 aliphatic carbocycles. The van der Waals surface area contributed by atoms with Gasteiger partial charge in [-0.05, 0) is 69.9 Å². The molecule has 1 heterocycles. The van der Waals surface area contributed by atoms with Gasteiger partial charge in [0.15, 0.2) is 16.7 Å². The van der Waals surface area contributed by atoms with Crippen LogP contribution in [0.1, 0.15) is 40.8 Å². The van der Waals surface area contributed by atoms with E-state index >= 15 is 0 Å². The van der Waals surface area contributed by atoms with Gasteiger partial charge in [0, 0.05) is 11.3 Å². The van der Waals surface area contributed by atoms with E-state index in [0.717, 1.165) is 22.9 Å². The first kappa shape index (κ1) is 38.3. The van der Waals surface area contributed by atoms with Crippen LogP contribution in [0, 0.1) is 11.3 Å². The van der Waals surface area contributed by atoms with Crippen molar-refractivity contribution >= 4 is 56.7 Å². The molecular weight excluding hydrogens is 752 g/mol. The topological polar surface area (TPSA) is 121 Å². The first-order valence-corrected chi connectivity index (χ1v) is 18.2. The third-order valence-electron chi connectivity index (χ3n) is 7.99. The lowest BCUT2D eigenvalue weighted by atomic mass is 9.99. The van der Waals surface area contributed by atoms with Crippen LogP contribution < -0.4 is 14.8 Å². The van der Waals surface area contributed by atoms with E-state index in [9.17, 15) is 19.6 Å². The summed E-state index contributed by atoms with van der Waals surface area (Å²) in [6, 6.07) is 31.4. The Hall–Kier alpha value is -5.96. The van der Waals surface area contributed by atoms with E-state index in [2.05, 4.69) is 38.9 Å². The lowest BCUT2D eigenvalue weighted by Crippen LogP contribution is -2.42. The fourth-order valence-electron chi connectivity index (χ4n) is 5.43. The van der Waals surface area contributed by atoms with Crippen LogP contribution in [0.2, 0.25) is 0 Å². The summed E-state index contributed by atoms with van der Waals surface area (Å²) >= 11 is 4.52. The van der Waals surface area contributed by atoms with Gasteiger partial charge in [-0.1, -0.05) is 115 Å². The largest absolute Gasteiger partial charge is 0.493 e. The van der Waals surface area contributed by atoms with Crippen LogP contribution in [0.25, 0.3) is 6.08 Å². The second-order valence-electron chi connectivity index (χ2n) is 11.4. The van der Waals surface area contributed by atoms with E-state index in [1.165, 1.54) is 18.1 Å². The minimum atomic E-state index is -0.757. The van der Waals surface area contributed by atoms with Gasteiger partial charge in [-0.15, -0.1) is 0 Å². The predicted octanol–water partition coefficient (Wildman–Crippen LogP) is 8.30. The van der Waals surface area contributed by atoms with E-state index in [1.807, 2.05) is 66.7 Å². The highest BCUT2D eigenvalue weighted by Crippen LogP contribution is 2.38. The zero-order chi connectivity index (χ0) is 37.7. The number of rotatable bonds is 13. The molecule has 0 saturated carbocycles. The SMILES string of the molecule is C=C/C=C\C(=C/C)N1C(=O)/C(=C/c2cc(Br)c(OCc3ccccc3C#N)c(OC)c2)C(=O)N=C1SCC(=O)NC(c1ccccc1)c1ccccc1. The number of halogens is 1. The molecule has 11 heteroatoms. The molecule has 0 saturated heterocycles. The van der Waals surface area contributed by atoms with Crippen molar-refractivity contribution in [3.8, 4) is 17.6 Å². The highest BCUT2D eigenvalue weighted by Gasteiger charge is 2.35. The molecule has 1 N–H and O–H groups in total. The van der Waals surface area contributed by atoms with Gasteiger partial charge in [0.2, 0.25) is 5.91 Å². The summed E-state index contributed by atoms with van der Waals surface area (Å²) in [4.78, 5) is 46.8. The van der Waals surface area contributed by atoms with Gasteiger partial charge in [0.25, 0.3) is 11.8 Å². The second kappa shape index (κ2) is 18.5. The van der Waals surface area contributed by atoms with Gasteiger partial charge in [-0.25, -0.2) is 0 Å². The predicted molar refractivity (Wildman–Crippen MR) is 212 cm³/mol. The Kier molecular flexibility index (Phi) is 13.4. The number of nitrogens with one attached hydrogen (secondary N) is 1. The average Bonchev–Trinajstić information content (AvgIpc) is 3.18. The van der Waals surface area contributed by atoms with E-state index in [1.54, 1.807) is 61.6 Å². The van der Waals surface area contributed by atoms with Crippen molar-refractivity contribution in [3.05, 3.63) is 172 Å². The summed E-state index contributed by atoms with van der Waals surface area (Å²) < 4.78 is 12.2. The second-order valence-corrected chi connectivity index (χ2v) is 13.2. The van der Waals surface area contributed by atoms with Crippen molar-refractivity contribution in [2.75, 3.05) is 12.9 Å². The van der Waals surface area contributed by atoms with Crippen molar-refractivity contribution in [1.29, 1.82) is 5.26 Å². The zero-order valence-corrected chi connectivity index (χ0v) is 31.4. The number of amides is 3. The molecule has 9 nitrogen and oxygen atoms in total. The van der Waals surface area contributed by atoms with Gasteiger partial charge >= 0.3 is 0 Å². The van der Waals surface area contributed by atoms with Crippen molar-refractivity contribution in [1.82, 2.24) is 10.2 Å². The summed E-state index contributed by atoms with van der Waals surface area (Å²) in [6.45, 7) is 5.60. The Labute approximate surface area is 321 Å². The Morgan fingerprint density at radius 1 is 1.04 bits per heavy atom. The number of benzene rings is 4. The standard InChI is InChI=1S/C42H35BrN4O5S/c1-4-6-21-33(5-2)47-41(50)34(22-28-23-35(43)39(36(24-28)51-3)52-26-32-20-14-13-19-31(32)25-44)40(49)46-42(47)53-27-37(48)45-38(29-15-9-7-10-16-29)30-17-11-8-12-18-30/h4-24,38H,1,26-27H2,2-3H3,(H,45,48)/b21-6-,33-5+,34-22+. The molecule has 0 radical (unpaired) electrons. The molecule has 53 heavy (non-hydrogen) atoms. The average molecular weight is 788 g/mol. The van der Waals surface area contributed by atoms with Crippen molar-refractivity contribution in [3.63, 3.8) is 0 Å². The molecule has 4 aromatic rings. The summed E-state index contributed by atoms with van der Waals surface area (Å²) in [5.41, 5.74) is 3.73. The van der Waals surface area contributed by atoms with E-state index in [4.69, 9.17) is 9.47 Å². The fourth-order valence-corrected chi connectivity index (χ4v) is 6.81. The third kappa shape index (κ3) is 9.48. The first-order chi connectivity index (χ1) is 25.8. The molecule has 4 aromatic carbocycles. The quantitative estimate of drug-likeness (QED) is 0.0823. The molecule has 0 fully saturated rings. The summed E-state index contributed by atoms with van der Waals surface area (Å²) in [5, 5.41) is 12.6. The Morgan fingerprint density at radius 2 is 1.70 bits per heavy atom. The molecule has 0 bridgehead atoms. The number of carbonyl (C=O) groups excluding carboxylic acids is 3. The monoisotopic (exact) mass is 786 g/mol. The number of thioether (sulfide) groups is 1. The van der Waals surface area contributed by atoms with Crippen LogP contribution in [0.3, 0.4) is 0 Å². The Morgan fingerprint density at radius 3 is 2.32 bits per heavy atom. The molecule has 0 unspecified atom stereocenters. The molecule has 1 aliphatic heterocycles. The number of ether oxygens (including phenoxy) is 2. The Balaban J connectivity index is 1.41. The highest BCUT2D eigenvalue weighted by atomic mass is 79.9. The van der Waals surface area contributed by atoms with Crippen molar-refractivity contribution < 1.29 is 23.9 Å². The third-order valence-corrected chi connectivity index (χ3v) is 9.51. The molecule has 5 rings (SSSR count). The van der Waals surface area contributed by atoms with Crippen LogP contribution >= 0.6 is 27.7 Å². The molecule has 0 spiro atoms. The maximum Gasteiger partial charge on any atom is 0.285 e. The van der Waals surface area contributed by atoms with Gasteiger partial charge in [-0.2, -0.15) is 10.3 Å². The van der Waals surface area contributed by atoms with Crippen LogP contribution in [-0.4, -0.2) is 40.7 Å². The maximum atomic E-state index is 14.2. The number of allylic oxidation sites excluding steroid dienone is 4. The van der Waals surface area contributed by atoms with Crippen molar-refractivity contribution in [2.45, 2.75) is 19.6 Å². The number of methoxy groups -OCH3 is 1. The normalized spacial score (nSPS) is 13.9. The summed E-state index contributed by atoms with van der Waals surface area (Å²) in [6.07, 6.45) is 8.05. The number of nitriles is 1. The molecule has 0 atom stereocenters. The Bertz CT molecular complexity index is 2140. The summed E-state index contributed by atoms with van der Waals surface area (Å²) in [5.74, 6) is -1.08. The van der Waals surface area contributed by atoms with Crippen molar-refractivity contribution in [2.24, 2.45) is 4.99 Å². The molecule has 266 valence electrons. The smallest absolute Gasteiger partial charge is 0.285 e. The van der Waals surface area contributed by atoms with Crippen LogP contribution in [0.15, 0.2) is 149 Å². The van der Waals surface area contributed by atoms with Gasteiger partial charge in [0.1, 0.15) is 12.2 Å². The first-order valence-electron chi connectivity index (χ1n) is 16.4. The lowest BCUT2D eigenvalue weighted by molar-refractivity contribution is -0.126. The van der Waals surface area contributed by atoms with Gasteiger partial charge in [0.05, 0.1) is 35.0 Å². The van der Waals surface area contributed by atoms with Crippen LogP contribution in [-0.2, 0) is 21.0 Å². The molecule has 1 aliphatic rings. The van der Waals surface area contributed by atoms with Crippen LogP contribution in [0.4, 0.5) is 0 Å². The minimum absolute atomic E-state index is 0.0604. The number of carbonyl (C=O) groups is 3. The molecule has 3 amide bonds. The van der Waals surface area contributed by atoms with Crippen LogP contribution in [0.5, 0.6) is 11.5 Å². The lowest BCUT2D eigenvalue weighted by Gasteiger charge is -2.28. The maximum absolute atomic E-state index is 14.2. The number of aliphatic imine (C=N–C) groups is 1. The number of amidine groups is 1.